The van der Waals surface area contributed by atoms with Crippen LogP contribution in [0.5, 0.6) is 5.75 Å². The van der Waals surface area contributed by atoms with Gasteiger partial charge in [-0.2, -0.15) is 8.78 Å². The molecule has 1 aromatic rings. The molecule has 1 aromatic carbocycles. The number of ketones is 1. The van der Waals surface area contributed by atoms with Crippen molar-refractivity contribution in [1.82, 2.24) is 0 Å². The van der Waals surface area contributed by atoms with Crippen molar-refractivity contribution >= 4 is 5.78 Å². The molecule has 4 heteroatoms. The average Bonchev–Trinajstić information content (AvgIpc) is 2.28. The number of alkyl halides is 2. The van der Waals surface area contributed by atoms with Crippen molar-refractivity contribution in [1.29, 1.82) is 0 Å². The van der Waals surface area contributed by atoms with Crippen LogP contribution in [0.15, 0.2) is 24.3 Å². The van der Waals surface area contributed by atoms with E-state index in [1.165, 1.54) is 24.3 Å². The summed E-state index contributed by atoms with van der Waals surface area (Å²) in [6.45, 7) is 1.20. The molecule has 2 nitrogen and oxygen atoms in total. The standard InChI is InChI=1S/C13H16F2O2/c1-3-9(2)8-12(16)10-4-6-11(7-5-10)17-13(14)15/h4-7,9,13H,3,8H2,1-2H3. The lowest BCUT2D eigenvalue weighted by Gasteiger charge is -2.08. The third-order valence-corrected chi connectivity index (χ3v) is 2.63. The number of rotatable bonds is 6. The van der Waals surface area contributed by atoms with Gasteiger partial charge in [-0.3, -0.25) is 4.79 Å². The molecule has 0 aromatic heterocycles. The smallest absolute Gasteiger partial charge is 0.387 e. The molecule has 0 aliphatic rings. The van der Waals surface area contributed by atoms with E-state index >= 15 is 0 Å². The van der Waals surface area contributed by atoms with Crippen LogP contribution in [0.2, 0.25) is 0 Å². The Labute approximate surface area is 99.6 Å². The topological polar surface area (TPSA) is 26.3 Å². The fraction of sp³-hybridized carbons (Fsp3) is 0.462. The van der Waals surface area contributed by atoms with Gasteiger partial charge in [0, 0.05) is 12.0 Å². The van der Waals surface area contributed by atoms with Gasteiger partial charge in [0.1, 0.15) is 5.75 Å². The molecule has 1 rings (SSSR count). The van der Waals surface area contributed by atoms with Crippen molar-refractivity contribution < 1.29 is 18.3 Å². The minimum atomic E-state index is -2.84. The number of Topliss-reactive ketones (excluding diaryl/α,β-unsaturated/α-hetero) is 1. The van der Waals surface area contributed by atoms with E-state index in [0.29, 0.717) is 17.9 Å². The number of hydrogen-bond acceptors (Lipinski definition) is 2. The highest BCUT2D eigenvalue weighted by molar-refractivity contribution is 5.96. The van der Waals surface area contributed by atoms with Crippen molar-refractivity contribution in [2.75, 3.05) is 0 Å². The first-order chi connectivity index (χ1) is 8.02. The predicted octanol–water partition coefficient (Wildman–Crippen LogP) is 3.91. The summed E-state index contributed by atoms with van der Waals surface area (Å²) in [5, 5.41) is 0. The van der Waals surface area contributed by atoms with Crippen LogP contribution in [0.1, 0.15) is 37.0 Å². The Balaban J connectivity index is 2.64. The van der Waals surface area contributed by atoms with E-state index in [4.69, 9.17) is 0 Å². The van der Waals surface area contributed by atoms with Crippen LogP contribution in [0.3, 0.4) is 0 Å². The number of carbonyl (C=O) groups excluding carboxylic acids is 1. The van der Waals surface area contributed by atoms with Crippen molar-refractivity contribution in [3.8, 4) is 5.75 Å². The van der Waals surface area contributed by atoms with E-state index in [1.54, 1.807) is 0 Å². The SMILES string of the molecule is CCC(C)CC(=O)c1ccc(OC(F)F)cc1. The van der Waals surface area contributed by atoms with Gasteiger partial charge < -0.3 is 4.74 Å². The minimum absolute atomic E-state index is 0.0305. The minimum Gasteiger partial charge on any atom is -0.435 e. The summed E-state index contributed by atoms with van der Waals surface area (Å²) in [5.74, 6) is 0.433. The second kappa shape index (κ2) is 6.33. The lowest BCUT2D eigenvalue weighted by molar-refractivity contribution is -0.0498. The van der Waals surface area contributed by atoms with Crippen LogP contribution in [0, 0.1) is 5.92 Å². The molecule has 0 N–H and O–H groups in total. The van der Waals surface area contributed by atoms with Gasteiger partial charge in [0.25, 0.3) is 0 Å². The van der Waals surface area contributed by atoms with Crippen molar-refractivity contribution in [2.45, 2.75) is 33.3 Å². The van der Waals surface area contributed by atoms with E-state index in [1.807, 2.05) is 13.8 Å². The maximum atomic E-state index is 11.9. The Hall–Kier alpha value is -1.45. The third-order valence-electron chi connectivity index (χ3n) is 2.63. The molecular formula is C13H16F2O2. The van der Waals surface area contributed by atoms with Gasteiger partial charge in [0.15, 0.2) is 5.78 Å². The summed E-state index contributed by atoms with van der Waals surface area (Å²) in [5.41, 5.74) is 0.534. The van der Waals surface area contributed by atoms with Gasteiger partial charge in [0.2, 0.25) is 0 Å². The average molecular weight is 242 g/mol. The van der Waals surface area contributed by atoms with Gasteiger partial charge in [-0.1, -0.05) is 20.3 Å². The lowest BCUT2D eigenvalue weighted by atomic mass is 9.98. The Morgan fingerprint density at radius 3 is 2.35 bits per heavy atom. The predicted molar refractivity (Wildman–Crippen MR) is 61.5 cm³/mol. The van der Waals surface area contributed by atoms with Gasteiger partial charge in [-0.25, -0.2) is 0 Å². The van der Waals surface area contributed by atoms with E-state index in [-0.39, 0.29) is 11.5 Å². The Kier molecular flexibility index (Phi) is 5.07. The molecule has 0 spiro atoms. The second-order valence-corrected chi connectivity index (χ2v) is 4.04. The van der Waals surface area contributed by atoms with Crippen LogP contribution < -0.4 is 4.74 Å². The fourth-order valence-electron chi connectivity index (χ4n) is 1.40. The highest BCUT2D eigenvalue weighted by atomic mass is 19.3. The van der Waals surface area contributed by atoms with Crippen LogP contribution >= 0.6 is 0 Å². The van der Waals surface area contributed by atoms with Crippen molar-refractivity contribution in [3.63, 3.8) is 0 Å². The maximum Gasteiger partial charge on any atom is 0.387 e. The normalized spacial score (nSPS) is 12.5. The zero-order valence-electron chi connectivity index (χ0n) is 9.95. The molecule has 0 heterocycles. The zero-order chi connectivity index (χ0) is 12.8. The first-order valence-electron chi connectivity index (χ1n) is 5.61. The van der Waals surface area contributed by atoms with E-state index in [9.17, 15) is 13.6 Å². The third kappa shape index (κ3) is 4.51. The number of benzene rings is 1. The summed E-state index contributed by atoms with van der Waals surface area (Å²) in [7, 11) is 0. The monoisotopic (exact) mass is 242 g/mol. The summed E-state index contributed by atoms with van der Waals surface area (Å²) in [6, 6.07) is 5.80. The number of hydrogen-bond donors (Lipinski definition) is 0. The van der Waals surface area contributed by atoms with Crippen molar-refractivity contribution in [3.05, 3.63) is 29.8 Å². The zero-order valence-corrected chi connectivity index (χ0v) is 9.95. The molecule has 1 unspecified atom stereocenters. The molecule has 17 heavy (non-hydrogen) atoms. The van der Waals surface area contributed by atoms with Crippen LogP contribution in [0.4, 0.5) is 8.78 Å². The molecular weight excluding hydrogens is 226 g/mol. The summed E-state index contributed by atoms with van der Waals surface area (Å²) >= 11 is 0. The maximum absolute atomic E-state index is 11.9. The number of halogens is 2. The molecule has 0 aliphatic carbocycles. The van der Waals surface area contributed by atoms with Gasteiger partial charge in [-0.15, -0.1) is 0 Å². The van der Waals surface area contributed by atoms with Gasteiger partial charge in [0.05, 0.1) is 0 Å². The quantitative estimate of drug-likeness (QED) is 0.707. The Morgan fingerprint density at radius 1 is 1.29 bits per heavy atom. The Morgan fingerprint density at radius 2 is 1.88 bits per heavy atom. The molecule has 0 bridgehead atoms. The molecule has 94 valence electrons. The second-order valence-electron chi connectivity index (χ2n) is 4.04. The molecule has 0 amide bonds. The number of ether oxygens (including phenoxy) is 1. The molecule has 0 fully saturated rings. The summed E-state index contributed by atoms with van der Waals surface area (Å²) < 4.78 is 28.0. The number of carbonyl (C=O) groups is 1. The fourth-order valence-corrected chi connectivity index (χ4v) is 1.40. The van der Waals surface area contributed by atoms with Crippen LogP contribution in [-0.2, 0) is 0 Å². The van der Waals surface area contributed by atoms with E-state index in [0.717, 1.165) is 6.42 Å². The summed E-state index contributed by atoms with van der Waals surface area (Å²) in [6.07, 6.45) is 1.42. The van der Waals surface area contributed by atoms with Crippen LogP contribution in [-0.4, -0.2) is 12.4 Å². The lowest BCUT2D eigenvalue weighted by Crippen LogP contribution is -2.06. The summed E-state index contributed by atoms with van der Waals surface area (Å²) in [4.78, 5) is 11.8. The van der Waals surface area contributed by atoms with E-state index < -0.39 is 6.61 Å². The highest BCUT2D eigenvalue weighted by Crippen LogP contribution is 2.17. The molecule has 0 saturated carbocycles. The first-order valence-corrected chi connectivity index (χ1v) is 5.61. The first kappa shape index (κ1) is 13.6. The molecule has 0 radical (unpaired) electrons. The van der Waals surface area contributed by atoms with E-state index in [2.05, 4.69) is 4.74 Å². The van der Waals surface area contributed by atoms with Crippen molar-refractivity contribution in [2.24, 2.45) is 5.92 Å². The Bertz CT molecular complexity index is 360. The molecule has 1 atom stereocenters. The largest absolute Gasteiger partial charge is 0.435 e. The van der Waals surface area contributed by atoms with Gasteiger partial charge in [-0.05, 0) is 30.2 Å². The van der Waals surface area contributed by atoms with Crippen LogP contribution in [0.25, 0.3) is 0 Å². The molecule has 0 aliphatic heterocycles. The van der Waals surface area contributed by atoms with Gasteiger partial charge >= 0.3 is 6.61 Å². The molecule has 0 saturated heterocycles. The highest BCUT2D eigenvalue weighted by Gasteiger charge is 2.10.